The van der Waals surface area contributed by atoms with Crippen molar-refractivity contribution in [1.82, 2.24) is 4.90 Å². The topological polar surface area (TPSA) is 62.2 Å². The van der Waals surface area contributed by atoms with E-state index in [0.29, 0.717) is 30.4 Å². The quantitative estimate of drug-likeness (QED) is 0.823. The Kier molecular flexibility index (Phi) is 2.91. The van der Waals surface area contributed by atoms with E-state index in [-0.39, 0.29) is 5.41 Å². The molecule has 1 saturated carbocycles. The number of rotatable bonds is 1. The lowest BCUT2D eigenvalue weighted by Crippen LogP contribution is -2.60. The van der Waals surface area contributed by atoms with Crippen LogP contribution in [0, 0.1) is 0 Å². The molecule has 0 unspecified atom stereocenters. The van der Waals surface area contributed by atoms with E-state index in [4.69, 9.17) is 9.47 Å². The average molecular weight is 331 g/mol. The first-order valence-corrected chi connectivity index (χ1v) is 9.01. The van der Waals surface area contributed by atoms with Crippen molar-refractivity contribution in [1.29, 1.82) is 0 Å². The molecule has 4 aliphatic rings. The number of nitrogens with zero attached hydrogens (tertiary/aromatic N) is 1. The Hall–Kier alpha value is -1.30. The summed E-state index contributed by atoms with van der Waals surface area (Å²) in [5.74, 6) is -0.116. The molecule has 0 aromatic heterocycles. The maximum Gasteiger partial charge on any atom is 0.235 e. The van der Waals surface area contributed by atoms with Crippen LogP contribution in [0.15, 0.2) is 6.07 Å². The molecule has 0 amide bonds. The van der Waals surface area contributed by atoms with Gasteiger partial charge in [-0.15, -0.1) is 0 Å². The Bertz CT molecular complexity index is 720. The molecule has 0 saturated heterocycles. The van der Waals surface area contributed by atoms with E-state index in [1.165, 1.54) is 16.7 Å². The van der Waals surface area contributed by atoms with Gasteiger partial charge < -0.3 is 19.7 Å². The van der Waals surface area contributed by atoms with Crippen LogP contribution >= 0.6 is 0 Å². The van der Waals surface area contributed by atoms with Crippen LogP contribution in [0.5, 0.6) is 11.5 Å². The van der Waals surface area contributed by atoms with Crippen LogP contribution in [0.1, 0.15) is 54.8 Å². The summed E-state index contributed by atoms with van der Waals surface area (Å²) in [6.45, 7) is 1.07. The second kappa shape index (κ2) is 4.65. The minimum Gasteiger partial charge on any atom is -0.493 e. The van der Waals surface area contributed by atoms with Gasteiger partial charge in [-0.2, -0.15) is 0 Å². The summed E-state index contributed by atoms with van der Waals surface area (Å²) in [6.07, 6.45) is 4.31. The van der Waals surface area contributed by atoms with Crippen LogP contribution < -0.4 is 9.47 Å². The number of aliphatic hydroxyl groups excluding tert-OH is 1. The van der Waals surface area contributed by atoms with Gasteiger partial charge in [0.1, 0.15) is 6.10 Å². The monoisotopic (exact) mass is 331 g/mol. The number of hydrogen-bond donors (Lipinski definition) is 2. The fourth-order valence-electron chi connectivity index (χ4n) is 5.69. The molecule has 24 heavy (non-hydrogen) atoms. The molecule has 2 aliphatic carbocycles. The number of ether oxygens (including phenoxy) is 2. The Balaban J connectivity index is 1.81. The summed E-state index contributed by atoms with van der Waals surface area (Å²) in [7, 11) is 3.86. The Morgan fingerprint density at radius 3 is 2.92 bits per heavy atom. The zero-order valence-corrected chi connectivity index (χ0v) is 14.3. The van der Waals surface area contributed by atoms with Gasteiger partial charge in [0.2, 0.25) is 5.79 Å². The fraction of sp³-hybridized carbons (Fsp3) is 0.684. The molecule has 2 heterocycles. The van der Waals surface area contributed by atoms with Crippen LogP contribution in [-0.2, 0) is 11.8 Å². The molecule has 1 spiro atoms. The van der Waals surface area contributed by atoms with Gasteiger partial charge in [-0.1, -0.05) is 0 Å². The molecule has 1 fully saturated rings. The van der Waals surface area contributed by atoms with Crippen LogP contribution in [0.3, 0.4) is 0 Å². The third kappa shape index (κ3) is 1.70. The van der Waals surface area contributed by atoms with Crippen molar-refractivity contribution in [3.8, 4) is 11.5 Å². The lowest BCUT2D eigenvalue weighted by molar-refractivity contribution is -0.247. The van der Waals surface area contributed by atoms with Gasteiger partial charge in [-0.25, -0.2) is 0 Å². The third-order valence-corrected chi connectivity index (χ3v) is 6.90. The van der Waals surface area contributed by atoms with E-state index in [9.17, 15) is 10.2 Å². The maximum atomic E-state index is 11.0. The summed E-state index contributed by atoms with van der Waals surface area (Å²) in [5, 5.41) is 21.3. The van der Waals surface area contributed by atoms with Gasteiger partial charge in [-0.05, 0) is 56.3 Å². The van der Waals surface area contributed by atoms with E-state index in [0.717, 1.165) is 32.2 Å². The highest BCUT2D eigenvalue weighted by Crippen LogP contribution is 2.62. The fourth-order valence-corrected chi connectivity index (χ4v) is 5.69. The van der Waals surface area contributed by atoms with Gasteiger partial charge in [0.05, 0.1) is 7.11 Å². The second-order valence-electron chi connectivity index (χ2n) is 8.10. The first-order valence-electron chi connectivity index (χ1n) is 9.01. The van der Waals surface area contributed by atoms with Gasteiger partial charge in [0, 0.05) is 30.0 Å². The third-order valence-electron chi connectivity index (χ3n) is 6.90. The first kappa shape index (κ1) is 15.0. The zero-order chi connectivity index (χ0) is 16.7. The van der Waals surface area contributed by atoms with Crippen molar-refractivity contribution in [3.05, 3.63) is 22.8 Å². The van der Waals surface area contributed by atoms with Crippen molar-refractivity contribution >= 4 is 0 Å². The Morgan fingerprint density at radius 1 is 1.33 bits per heavy atom. The molecule has 2 aliphatic heterocycles. The molecular weight excluding hydrogens is 306 g/mol. The second-order valence-corrected chi connectivity index (χ2v) is 8.10. The number of fused-ring (bicyclic) bond motifs is 1. The van der Waals surface area contributed by atoms with E-state index in [1.807, 2.05) is 0 Å². The predicted octanol–water partition coefficient (Wildman–Crippen LogP) is 1.88. The molecular formula is C19H25NO4. The molecule has 5 rings (SSSR count). The lowest BCUT2D eigenvalue weighted by atomic mass is 9.57. The summed E-state index contributed by atoms with van der Waals surface area (Å²) >= 11 is 0. The first-order chi connectivity index (χ1) is 11.5. The van der Waals surface area contributed by atoms with Crippen LogP contribution in [-0.4, -0.2) is 47.7 Å². The molecule has 5 nitrogen and oxygen atoms in total. The van der Waals surface area contributed by atoms with Crippen molar-refractivity contribution < 1.29 is 19.7 Å². The number of hydrogen-bond acceptors (Lipinski definition) is 5. The smallest absolute Gasteiger partial charge is 0.235 e. The summed E-state index contributed by atoms with van der Waals surface area (Å²) in [6, 6.07) is 2.52. The van der Waals surface area contributed by atoms with E-state index in [1.54, 1.807) is 7.11 Å². The highest BCUT2D eigenvalue weighted by Gasteiger charge is 2.59. The average Bonchev–Trinajstić information content (AvgIpc) is 2.57. The van der Waals surface area contributed by atoms with Gasteiger partial charge >= 0.3 is 0 Å². The molecule has 2 bridgehead atoms. The standard InChI is InChI=1S/C19H25NO4/c1-20-8-5-11-9-13(23-2)17-16-15(11)12(20)3-6-18(16)7-4-14(21)19(22,10-18)24-17/h9,12,14,21-22H,3-8,10H2,1-2H3/t12-,14+,18+,19-/m1/s1. The van der Waals surface area contributed by atoms with E-state index >= 15 is 0 Å². The number of aliphatic hydroxyl groups is 2. The zero-order valence-electron chi connectivity index (χ0n) is 14.3. The highest BCUT2D eigenvalue weighted by molar-refractivity contribution is 5.62. The molecule has 1 aromatic rings. The molecule has 4 atom stereocenters. The van der Waals surface area contributed by atoms with Gasteiger partial charge in [0.15, 0.2) is 11.5 Å². The minimum atomic E-state index is -1.49. The maximum absolute atomic E-state index is 11.0. The van der Waals surface area contributed by atoms with Crippen LogP contribution in [0.25, 0.3) is 0 Å². The van der Waals surface area contributed by atoms with Crippen molar-refractivity contribution in [2.75, 3.05) is 20.7 Å². The van der Waals surface area contributed by atoms with E-state index < -0.39 is 11.9 Å². The lowest BCUT2D eigenvalue weighted by Gasteiger charge is -2.57. The number of benzene rings is 1. The summed E-state index contributed by atoms with van der Waals surface area (Å²) < 4.78 is 11.7. The number of likely N-dealkylation sites (N-methyl/N-ethyl adjacent to an activating group) is 1. The predicted molar refractivity (Wildman–Crippen MR) is 88.4 cm³/mol. The SMILES string of the molecule is COc1cc2c3c4c1O[C@]1(O)C[C@]4(CC[C@H]3N(C)CC2)CC[C@@H]1O. The van der Waals surface area contributed by atoms with E-state index in [2.05, 4.69) is 18.0 Å². The van der Waals surface area contributed by atoms with Gasteiger partial charge in [0.25, 0.3) is 0 Å². The minimum absolute atomic E-state index is 0.0884. The summed E-state index contributed by atoms with van der Waals surface area (Å²) in [4.78, 5) is 2.44. The van der Waals surface area contributed by atoms with Gasteiger partial charge in [-0.3, -0.25) is 4.90 Å². The Labute approximate surface area is 142 Å². The number of methoxy groups -OCH3 is 1. The Morgan fingerprint density at radius 2 is 2.12 bits per heavy atom. The molecule has 0 radical (unpaired) electrons. The molecule has 5 heteroatoms. The molecule has 1 aromatic carbocycles. The largest absolute Gasteiger partial charge is 0.493 e. The molecule has 130 valence electrons. The van der Waals surface area contributed by atoms with Crippen molar-refractivity contribution in [2.45, 2.75) is 61.9 Å². The summed E-state index contributed by atoms with van der Waals surface area (Å²) in [5.41, 5.74) is 3.95. The van der Waals surface area contributed by atoms with Crippen LogP contribution in [0.4, 0.5) is 0 Å². The highest BCUT2D eigenvalue weighted by atomic mass is 16.6. The van der Waals surface area contributed by atoms with Crippen LogP contribution in [0.2, 0.25) is 0 Å². The van der Waals surface area contributed by atoms with Crippen molar-refractivity contribution in [3.63, 3.8) is 0 Å². The normalized spacial score (nSPS) is 39.8. The van der Waals surface area contributed by atoms with Crippen molar-refractivity contribution in [2.24, 2.45) is 0 Å². The molecule has 2 N–H and O–H groups in total.